The lowest BCUT2D eigenvalue weighted by Crippen LogP contribution is -2.43. The van der Waals surface area contributed by atoms with Crippen LogP contribution in [0.3, 0.4) is 0 Å². The molecule has 1 saturated heterocycles. The summed E-state index contributed by atoms with van der Waals surface area (Å²) >= 11 is 0. The summed E-state index contributed by atoms with van der Waals surface area (Å²) in [6.07, 6.45) is 5.74. The lowest BCUT2D eigenvalue weighted by molar-refractivity contribution is 0.0572. The quantitative estimate of drug-likeness (QED) is 0.652. The minimum Gasteiger partial charge on any atom is -0.389 e. The molecule has 0 aromatic rings. The SMILES string of the molecule is CC1(O)CCN(C2CCCC(N)C2)C1. The molecule has 1 aliphatic carbocycles. The van der Waals surface area contributed by atoms with Gasteiger partial charge in [-0.15, -0.1) is 0 Å². The van der Waals surface area contributed by atoms with Gasteiger partial charge in [0.05, 0.1) is 5.60 Å². The van der Waals surface area contributed by atoms with Crippen molar-refractivity contribution in [2.75, 3.05) is 13.1 Å². The molecular formula is C11H22N2O. The summed E-state index contributed by atoms with van der Waals surface area (Å²) in [6.45, 7) is 3.82. The fourth-order valence-electron chi connectivity index (χ4n) is 2.82. The predicted octanol–water partition coefficient (Wildman–Crippen LogP) is 0.713. The Kier molecular flexibility index (Phi) is 2.82. The molecule has 1 aliphatic heterocycles. The predicted molar refractivity (Wildman–Crippen MR) is 57.0 cm³/mol. The van der Waals surface area contributed by atoms with Crippen LogP contribution < -0.4 is 5.73 Å². The van der Waals surface area contributed by atoms with Gasteiger partial charge in [-0.3, -0.25) is 4.90 Å². The number of β-amino-alcohol motifs (C(OH)–C–C–N with tert-alkyl or cyclic N) is 1. The van der Waals surface area contributed by atoms with Crippen molar-refractivity contribution in [1.82, 2.24) is 4.90 Å². The summed E-state index contributed by atoms with van der Waals surface area (Å²) in [5, 5.41) is 9.89. The molecule has 1 saturated carbocycles. The van der Waals surface area contributed by atoms with Crippen molar-refractivity contribution in [2.24, 2.45) is 5.73 Å². The van der Waals surface area contributed by atoms with Crippen LogP contribution >= 0.6 is 0 Å². The van der Waals surface area contributed by atoms with Crippen molar-refractivity contribution in [2.45, 2.75) is 56.7 Å². The summed E-state index contributed by atoms with van der Waals surface area (Å²) in [7, 11) is 0. The molecule has 3 atom stereocenters. The third-order valence-corrected chi connectivity index (χ3v) is 3.68. The van der Waals surface area contributed by atoms with E-state index in [9.17, 15) is 5.11 Å². The van der Waals surface area contributed by atoms with Crippen LogP contribution in [-0.2, 0) is 0 Å². The van der Waals surface area contributed by atoms with Crippen molar-refractivity contribution in [3.63, 3.8) is 0 Å². The van der Waals surface area contributed by atoms with E-state index < -0.39 is 5.60 Å². The number of hydrogen-bond donors (Lipinski definition) is 2. The van der Waals surface area contributed by atoms with Crippen LogP contribution in [0, 0.1) is 0 Å². The minimum atomic E-state index is -0.457. The van der Waals surface area contributed by atoms with E-state index in [4.69, 9.17) is 5.73 Å². The zero-order chi connectivity index (χ0) is 10.2. The van der Waals surface area contributed by atoms with Crippen LogP contribution in [-0.4, -0.2) is 40.8 Å². The van der Waals surface area contributed by atoms with Gasteiger partial charge in [0.1, 0.15) is 0 Å². The first-order valence-corrected chi connectivity index (χ1v) is 5.79. The Morgan fingerprint density at radius 2 is 2.21 bits per heavy atom. The number of likely N-dealkylation sites (tertiary alicyclic amines) is 1. The number of rotatable bonds is 1. The van der Waals surface area contributed by atoms with Crippen molar-refractivity contribution < 1.29 is 5.11 Å². The topological polar surface area (TPSA) is 49.5 Å². The second-order valence-corrected chi connectivity index (χ2v) is 5.30. The molecule has 3 nitrogen and oxygen atoms in total. The van der Waals surface area contributed by atoms with E-state index in [0.717, 1.165) is 25.9 Å². The Balaban J connectivity index is 1.89. The van der Waals surface area contributed by atoms with E-state index in [0.29, 0.717) is 12.1 Å². The highest BCUT2D eigenvalue weighted by Crippen LogP contribution is 2.28. The Bertz CT molecular complexity index is 205. The average Bonchev–Trinajstić information content (AvgIpc) is 2.46. The van der Waals surface area contributed by atoms with Crippen LogP contribution in [0.15, 0.2) is 0 Å². The fourth-order valence-corrected chi connectivity index (χ4v) is 2.82. The smallest absolute Gasteiger partial charge is 0.0758 e. The van der Waals surface area contributed by atoms with Crippen molar-refractivity contribution in [1.29, 1.82) is 0 Å². The van der Waals surface area contributed by atoms with E-state index in [1.807, 2.05) is 6.92 Å². The van der Waals surface area contributed by atoms with Gasteiger partial charge in [-0.05, 0) is 32.6 Å². The van der Waals surface area contributed by atoms with Gasteiger partial charge >= 0.3 is 0 Å². The molecular weight excluding hydrogens is 176 g/mol. The molecule has 0 aromatic heterocycles. The molecule has 2 rings (SSSR count). The number of hydrogen-bond acceptors (Lipinski definition) is 3. The van der Waals surface area contributed by atoms with Gasteiger partial charge in [-0.2, -0.15) is 0 Å². The zero-order valence-electron chi connectivity index (χ0n) is 9.08. The summed E-state index contributed by atoms with van der Waals surface area (Å²) in [6, 6.07) is 1.02. The third kappa shape index (κ3) is 2.27. The molecule has 82 valence electrons. The van der Waals surface area contributed by atoms with E-state index in [2.05, 4.69) is 4.90 Å². The standard InChI is InChI=1S/C11H22N2O/c1-11(14)5-6-13(8-11)10-4-2-3-9(12)7-10/h9-10,14H,2-8,12H2,1H3. The molecule has 2 fully saturated rings. The summed E-state index contributed by atoms with van der Waals surface area (Å²) < 4.78 is 0. The Hall–Kier alpha value is -0.120. The molecule has 3 N–H and O–H groups in total. The highest BCUT2D eigenvalue weighted by molar-refractivity contribution is 4.92. The number of nitrogens with zero attached hydrogens (tertiary/aromatic N) is 1. The minimum absolute atomic E-state index is 0.388. The van der Waals surface area contributed by atoms with Crippen LogP contribution in [0.2, 0.25) is 0 Å². The molecule has 2 aliphatic rings. The summed E-state index contributed by atoms with van der Waals surface area (Å²) in [4.78, 5) is 2.43. The largest absolute Gasteiger partial charge is 0.389 e. The van der Waals surface area contributed by atoms with Crippen LogP contribution in [0.1, 0.15) is 39.0 Å². The lowest BCUT2D eigenvalue weighted by atomic mass is 9.91. The van der Waals surface area contributed by atoms with Gasteiger partial charge in [-0.25, -0.2) is 0 Å². The molecule has 1 heterocycles. The zero-order valence-corrected chi connectivity index (χ0v) is 9.08. The lowest BCUT2D eigenvalue weighted by Gasteiger charge is -2.34. The first-order valence-electron chi connectivity index (χ1n) is 5.79. The van der Waals surface area contributed by atoms with Crippen molar-refractivity contribution in [3.05, 3.63) is 0 Å². The first kappa shape index (κ1) is 10.4. The Morgan fingerprint density at radius 3 is 2.79 bits per heavy atom. The maximum atomic E-state index is 9.89. The highest BCUT2D eigenvalue weighted by atomic mass is 16.3. The summed E-state index contributed by atoms with van der Waals surface area (Å²) in [5.41, 5.74) is 5.51. The third-order valence-electron chi connectivity index (χ3n) is 3.68. The van der Waals surface area contributed by atoms with Crippen molar-refractivity contribution >= 4 is 0 Å². The molecule has 0 radical (unpaired) electrons. The molecule has 0 aromatic carbocycles. The van der Waals surface area contributed by atoms with Crippen molar-refractivity contribution in [3.8, 4) is 0 Å². The number of aliphatic hydroxyl groups is 1. The van der Waals surface area contributed by atoms with E-state index in [1.54, 1.807) is 0 Å². The second-order valence-electron chi connectivity index (χ2n) is 5.30. The summed E-state index contributed by atoms with van der Waals surface area (Å²) in [5.74, 6) is 0. The monoisotopic (exact) mass is 198 g/mol. The molecule has 0 bridgehead atoms. The fraction of sp³-hybridized carbons (Fsp3) is 1.00. The molecule has 0 amide bonds. The maximum absolute atomic E-state index is 9.89. The van der Waals surface area contributed by atoms with Gasteiger partial charge in [0, 0.05) is 25.2 Å². The Morgan fingerprint density at radius 1 is 1.43 bits per heavy atom. The molecule has 3 heteroatoms. The van der Waals surface area contributed by atoms with Crippen LogP contribution in [0.4, 0.5) is 0 Å². The van der Waals surface area contributed by atoms with E-state index in [1.165, 1.54) is 19.3 Å². The molecule has 3 unspecified atom stereocenters. The maximum Gasteiger partial charge on any atom is 0.0758 e. The van der Waals surface area contributed by atoms with Crippen LogP contribution in [0.5, 0.6) is 0 Å². The number of nitrogens with two attached hydrogens (primary N) is 1. The first-order chi connectivity index (χ1) is 6.57. The van der Waals surface area contributed by atoms with Gasteiger partial charge < -0.3 is 10.8 Å². The van der Waals surface area contributed by atoms with Gasteiger partial charge in [0.25, 0.3) is 0 Å². The average molecular weight is 198 g/mol. The molecule has 0 spiro atoms. The van der Waals surface area contributed by atoms with E-state index >= 15 is 0 Å². The Labute approximate surface area is 86.3 Å². The highest BCUT2D eigenvalue weighted by Gasteiger charge is 2.36. The second kappa shape index (κ2) is 3.80. The van der Waals surface area contributed by atoms with Crippen LogP contribution in [0.25, 0.3) is 0 Å². The van der Waals surface area contributed by atoms with Gasteiger partial charge in [0.15, 0.2) is 0 Å². The molecule has 14 heavy (non-hydrogen) atoms. The normalized spacial score (nSPS) is 45.6. The van der Waals surface area contributed by atoms with Gasteiger partial charge in [-0.1, -0.05) is 6.42 Å². The van der Waals surface area contributed by atoms with Gasteiger partial charge in [0.2, 0.25) is 0 Å². The van der Waals surface area contributed by atoms with E-state index in [-0.39, 0.29) is 0 Å².